The minimum atomic E-state index is -0.971. The van der Waals surface area contributed by atoms with Gasteiger partial charge in [-0.3, -0.25) is 14.3 Å². The first-order valence-electron chi connectivity index (χ1n) is 4.77. The standard InChI is InChI=1S/C9H14N4O3/c1-13-5-4-7(12-13)11-9(16)6(10)2-3-8(14)15/h4-6H,2-3,10H2,1H3,(H,14,15)(H,11,12,16). The van der Waals surface area contributed by atoms with Crippen LogP contribution in [0.25, 0.3) is 0 Å². The lowest BCUT2D eigenvalue weighted by Gasteiger charge is -2.08. The van der Waals surface area contributed by atoms with Crippen molar-refractivity contribution in [3.8, 4) is 0 Å². The molecule has 0 spiro atoms. The lowest BCUT2D eigenvalue weighted by molar-refractivity contribution is -0.137. The lowest BCUT2D eigenvalue weighted by atomic mass is 10.1. The highest BCUT2D eigenvalue weighted by atomic mass is 16.4. The van der Waals surface area contributed by atoms with Crippen LogP contribution in [0, 0.1) is 0 Å². The van der Waals surface area contributed by atoms with Crippen LogP contribution < -0.4 is 11.1 Å². The summed E-state index contributed by atoms with van der Waals surface area (Å²) < 4.78 is 1.54. The van der Waals surface area contributed by atoms with Crippen molar-refractivity contribution in [2.45, 2.75) is 18.9 Å². The van der Waals surface area contributed by atoms with Gasteiger partial charge in [0, 0.05) is 25.7 Å². The highest BCUT2D eigenvalue weighted by molar-refractivity contribution is 5.94. The minimum Gasteiger partial charge on any atom is -0.481 e. The van der Waals surface area contributed by atoms with E-state index in [1.165, 1.54) is 0 Å². The molecule has 1 amide bonds. The van der Waals surface area contributed by atoms with Gasteiger partial charge < -0.3 is 16.2 Å². The maximum atomic E-state index is 11.5. The predicted octanol–water partition coefficient (Wildman–Crippen LogP) is -0.449. The number of nitrogens with two attached hydrogens (primary N) is 1. The molecule has 7 nitrogen and oxygen atoms in total. The molecule has 0 saturated heterocycles. The number of carbonyl (C=O) groups is 2. The fourth-order valence-electron chi connectivity index (χ4n) is 1.11. The van der Waals surface area contributed by atoms with Crippen LogP contribution in [0.1, 0.15) is 12.8 Å². The van der Waals surface area contributed by atoms with Crippen molar-refractivity contribution in [3.63, 3.8) is 0 Å². The van der Waals surface area contributed by atoms with E-state index in [0.717, 1.165) is 0 Å². The third-order valence-corrected chi connectivity index (χ3v) is 1.97. The Balaban J connectivity index is 2.42. The van der Waals surface area contributed by atoms with Gasteiger partial charge in [-0.25, -0.2) is 0 Å². The molecule has 88 valence electrons. The van der Waals surface area contributed by atoms with Crippen molar-refractivity contribution in [2.24, 2.45) is 12.8 Å². The second-order valence-corrected chi connectivity index (χ2v) is 3.40. The van der Waals surface area contributed by atoms with Gasteiger partial charge in [-0.1, -0.05) is 0 Å². The van der Waals surface area contributed by atoms with Crippen molar-refractivity contribution in [1.29, 1.82) is 0 Å². The molecule has 1 heterocycles. The number of rotatable bonds is 5. The van der Waals surface area contributed by atoms with Crippen LogP contribution in [0.5, 0.6) is 0 Å². The minimum absolute atomic E-state index is 0.105. The smallest absolute Gasteiger partial charge is 0.303 e. The molecule has 1 atom stereocenters. The summed E-state index contributed by atoms with van der Waals surface area (Å²) in [7, 11) is 1.72. The number of hydrogen-bond acceptors (Lipinski definition) is 4. The van der Waals surface area contributed by atoms with E-state index in [1.807, 2.05) is 0 Å². The quantitative estimate of drug-likeness (QED) is 0.629. The van der Waals surface area contributed by atoms with Gasteiger partial charge in [0.1, 0.15) is 0 Å². The molecule has 0 bridgehead atoms. The van der Waals surface area contributed by atoms with Crippen molar-refractivity contribution in [3.05, 3.63) is 12.3 Å². The summed E-state index contributed by atoms with van der Waals surface area (Å²) in [4.78, 5) is 21.7. The highest BCUT2D eigenvalue weighted by Gasteiger charge is 2.15. The van der Waals surface area contributed by atoms with Crippen LogP contribution in [0.2, 0.25) is 0 Å². The number of carboxylic acids is 1. The number of aromatic nitrogens is 2. The molecule has 0 aliphatic heterocycles. The van der Waals surface area contributed by atoms with Gasteiger partial charge in [-0.2, -0.15) is 5.10 Å². The van der Waals surface area contributed by atoms with Crippen LogP contribution >= 0.6 is 0 Å². The first-order chi connectivity index (χ1) is 7.49. The monoisotopic (exact) mass is 226 g/mol. The molecule has 1 rings (SSSR count). The summed E-state index contributed by atoms with van der Waals surface area (Å²) in [5, 5.41) is 14.9. The van der Waals surface area contributed by atoms with Crippen molar-refractivity contribution in [2.75, 3.05) is 5.32 Å². The van der Waals surface area contributed by atoms with E-state index in [0.29, 0.717) is 5.82 Å². The van der Waals surface area contributed by atoms with Gasteiger partial charge in [0.05, 0.1) is 6.04 Å². The molecule has 0 saturated carbocycles. The van der Waals surface area contributed by atoms with Crippen molar-refractivity contribution < 1.29 is 14.7 Å². The SMILES string of the molecule is Cn1ccc(NC(=O)C(N)CCC(=O)O)n1. The molecule has 7 heteroatoms. The Morgan fingerprint density at radius 3 is 2.88 bits per heavy atom. The van der Waals surface area contributed by atoms with Crippen LogP contribution in [0.4, 0.5) is 5.82 Å². The average molecular weight is 226 g/mol. The van der Waals surface area contributed by atoms with Crippen LogP contribution in [-0.2, 0) is 16.6 Å². The fourth-order valence-corrected chi connectivity index (χ4v) is 1.11. The number of carboxylic acid groups (broad SMARTS) is 1. The van der Waals surface area contributed by atoms with Gasteiger partial charge in [0.25, 0.3) is 0 Å². The molecule has 1 unspecified atom stereocenters. The third kappa shape index (κ3) is 3.70. The number of nitrogens with one attached hydrogen (secondary N) is 1. The molecule has 0 aromatic carbocycles. The second-order valence-electron chi connectivity index (χ2n) is 3.40. The van der Waals surface area contributed by atoms with Gasteiger partial charge >= 0.3 is 5.97 Å². The molecule has 0 radical (unpaired) electrons. The van der Waals surface area contributed by atoms with Crippen LogP contribution in [-0.4, -0.2) is 32.8 Å². The van der Waals surface area contributed by atoms with E-state index in [1.54, 1.807) is 24.0 Å². The van der Waals surface area contributed by atoms with E-state index in [9.17, 15) is 9.59 Å². The Hall–Kier alpha value is -1.89. The molecular weight excluding hydrogens is 212 g/mol. The Kier molecular flexibility index (Phi) is 4.01. The molecule has 0 aliphatic carbocycles. The first kappa shape index (κ1) is 12.2. The van der Waals surface area contributed by atoms with Crippen molar-refractivity contribution >= 4 is 17.7 Å². The summed E-state index contributed by atoms with van der Waals surface area (Å²) >= 11 is 0. The normalized spacial score (nSPS) is 12.1. The number of anilines is 1. The topological polar surface area (TPSA) is 110 Å². The molecule has 1 aromatic heterocycles. The second kappa shape index (κ2) is 5.26. The molecule has 1 aromatic rings. The summed E-state index contributed by atoms with van der Waals surface area (Å²) in [6.07, 6.45) is 1.66. The summed E-state index contributed by atoms with van der Waals surface area (Å²) in [6.45, 7) is 0. The molecule has 16 heavy (non-hydrogen) atoms. The average Bonchev–Trinajstić information content (AvgIpc) is 2.60. The summed E-state index contributed by atoms with van der Waals surface area (Å²) in [5.41, 5.74) is 5.51. The largest absolute Gasteiger partial charge is 0.481 e. The van der Waals surface area contributed by atoms with Gasteiger partial charge in [0.2, 0.25) is 5.91 Å². The van der Waals surface area contributed by atoms with E-state index in [4.69, 9.17) is 10.8 Å². The maximum Gasteiger partial charge on any atom is 0.303 e. The highest BCUT2D eigenvalue weighted by Crippen LogP contribution is 2.03. The van der Waals surface area contributed by atoms with E-state index >= 15 is 0 Å². The number of aryl methyl sites for hydroxylation is 1. The predicted molar refractivity (Wildman–Crippen MR) is 56.7 cm³/mol. The first-order valence-corrected chi connectivity index (χ1v) is 4.77. The number of amides is 1. The van der Waals surface area contributed by atoms with E-state index in [-0.39, 0.29) is 12.8 Å². The van der Waals surface area contributed by atoms with Gasteiger partial charge in [-0.05, 0) is 6.42 Å². The third-order valence-electron chi connectivity index (χ3n) is 1.97. The van der Waals surface area contributed by atoms with Gasteiger partial charge in [-0.15, -0.1) is 0 Å². The molecule has 4 N–H and O–H groups in total. The summed E-state index contributed by atoms with van der Waals surface area (Å²) in [6, 6.07) is 0.792. The zero-order chi connectivity index (χ0) is 12.1. The fraction of sp³-hybridized carbons (Fsp3) is 0.444. The maximum absolute atomic E-state index is 11.5. The summed E-state index contributed by atoms with van der Waals surface area (Å²) in [5.74, 6) is -1.00. The zero-order valence-electron chi connectivity index (χ0n) is 8.88. The van der Waals surface area contributed by atoms with Crippen molar-refractivity contribution in [1.82, 2.24) is 9.78 Å². The van der Waals surface area contributed by atoms with Crippen LogP contribution in [0.3, 0.4) is 0 Å². The molecule has 0 fully saturated rings. The van der Waals surface area contributed by atoms with Gasteiger partial charge in [0.15, 0.2) is 5.82 Å². The molecule has 0 aliphatic rings. The Morgan fingerprint density at radius 1 is 1.69 bits per heavy atom. The van der Waals surface area contributed by atoms with E-state index in [2.05, 4.69) is 10.4 Å². The number of aliphatic carboxylic acids is 1. The Morgan fingerprint density at radius 2 is 2.38 bits per heavy atom. The van der Waals surface area contributed by atoms with E-state index < -0.39 is 17.9 Å². The number of nitrogens with zero attached hydrogens (tertiary/aromatic N) is 2. The number of carbonyl (C=O) groups excluding carboxylic acids is 1. The number of hydrogen-bond donors (Lipinski definition) is 3. The zero-order valence-corrected chi connectivity index (χ0v) is 8.88. The Bertz CT molecular complexity index is 388. The lowest BCUT2D eigenvalue weighted by Crippen LogP contribution is -2.36. The molecular formula is C9H14N4O3. The Labute approximate surface area is 92.2 Å². The van der Waals surface area contributed by atoms with Crippen LogP contribution in [0.15, 0.2) is 12.3 Å².